The van der Waals surface area contributed by atoms with Crippen LogP contribution in [0.5, 0.6) is 0 Å². The molecule has 0 spiro atoms. The normalized spacial score (nSPS) is 11.1. The van der Waals surface area contributed by atoms with E-state index in [1.54, 1.807) is 18.3 Å². The molecule has 18 heavy (non-hydrogen) atoms. The fourth-order valence-corrected chi connectivity index (χ4v) is 2.78. The highest BCUT2D eigenvalue weighted by atomic mass is 35.5. The summed E-state index contributed by atoms with van der Waals surface area (Å²) >= 11 is 7.75. The second kappa shape index (κ2) is 4.30. The summed E-state index contributed by atoms with van der Waals surface area (Å²) in [5.41, 5.74) is 1.76. The average Bonchev–Trinajstić information content (AvgIpc) is 2.88. The van der Waals surface area contributed by atoms with Gasteiger partial charge in [-0.15, -0.1) is 11.3 Å². The average molecular weight is 279 g/mol. The van der Waals surface area contributed by atoms with E-state index >= 15 is 0 Å². The summed E-state index contributed by atoms with van der Waals surface area (Å²) in [6, 6.07) is 4.78. The van der Waals surface area contributed by atoms with Crippen molar-refractivity contribution in [2.24, 2.45) is 0 Å². The molecule has 3 rings (SSSR count). The van der Waals surface area contributed by atoms with E-state index in [1.807, 2.05) is 12.3 Å². The maximum Gasteiger partial charge on any atom is 0.149 e. The number of rotatable bonds is 1. The number of fused-ring (bicyclic) bond motifs is 1. The Balaban J connectivity index is 2.41. The SMILES string of the molecule is Cc1c(-c2nccs2)nc2c(F)cccc2c1Cl. The van der Waals surface area contributed by atoms with Gasteiger partial charge in [0.05, 0.1) is 5.02 Å². The van der Waals surface area contributed by atoms with Gasteiger partial charge in [-0.25, -0.2) is 14.4 Å². The molecule has 0 bridgehead atoms. The fraction of sp³-hybridized carbons (Fsp3) is 0.0769. The van der Waals surface area contributed by atoms with E-state index in [1.165, 1.54) is 17.4 Å². The molecule has 0 amide bonds. The number of halogens is 2. The van der Waals surface area contributed by atoms with Crippen LogP contribution in [0.4, 0.5) is 4.39 Å². The van der Waals surface area contributed by atoms with Crippen molar-refractivity contribution < 1.29 is 4.39 Å². The Kier molecular flexibility index (Phi) is 2.76. The highest BCUT2D eigenvalue weighted by Gasteiger charge is 2.15. The molecular formula is C13H8ClFN2S. The van der Waals surface area contributed by atoms with Crippen LogP contribution in [0.25, 0.3) is 21.6 Å². The molecule has 2 aromatic heterocycles. The largest absolute Gasteiger partial charge is 0.243 e. The van der Waals surface area contributed by atoms with E-state index in [0.717, 1.165) is 10.6 Å². The Morgan fingerprint density at radius 1 is 1.33 bits per heavy atom. The van der Waals surface area contributed by atoms with Gasteiger partial charge in [0, 0.05) is 17.0 Å². The van der Waals surface area contributed by atoms with Gasteiger partial charge in [-0.05, 0) is 18.6 Å². The number of aromatic nitrogens is 2. The molecule has 0 radical (unpaired) electrons. The van der Waals surface area contributed by atoms with Crippen LogP contribution in [-0.2, 0) is 0 Å². The van der Waals surface area contributed by atoms with Gasteiger partial charge in [-0.1, -0.05) is 23.7 Å². The molecule has 0 aliphatic heterocycles. The number of hydrogen-bond donors (Lipinski definition) is 0. The Hall–Kier alpha value is -1.52. The third-order valence-corrected chi connectivity index (χ3v) is 4.03. The minimum atomic E-state index is -0.368. The zero-order valence-electron chi connectivity index (χ0n) is 9.45. The number of hydrogen-bond acceptors (Lipinski definition) is 3. The van der Waals surface area contributed by atoms with Crippen molar-refractivity contribution in [1.82, 2.24) is 9.97 Å². The molecular weight excluding hydrogens is 271 g/mol. The van der Waals surface area contributed by atoms with E-state index in [4.69, 9.17) is 11.6 Å². The smallest absolute Gasteiger partial charge is 0.149 e. The molecule has 0 saturated carbocycles. The lowest BCUT2D eigenvalue weighted by Gasteiger charge is -2.08. The zero-order valence-corrected chi connectivity index (χ0v) is 11.0. The molecule has 0 atom stereocenters. The van der Waals surface area contributed by atoms with Gasteiger partial charge in [0.15, 0.2) is 0 Å². The Morgan fingerprint density at radius 2 is 2.17 bits per heavy atom. The highest BCUT2D eigenvalue weighted by molar-refractivity contribution is 7.13. The Bertz CT molecular complexity index is 725. The summed E-state index contributed by atoms with van der Waals surface area (Å²) in [5.74, 6) is -0.368. The van der Waals surface area contributed by atoms with Crippen LogP contribution < -0.4 is 0 Å². The quantitative estimate of drug-likeness (QED) is 0.657. The summed E-state index contributed by atoms with van der Waals surface area (Å²) in [7, 11) is 0. The predicted octanol–water partition coefficient (Wildman–Crippen LogP) is 4.46. The van der Waals surface area contributed by atoms with E-state index in [0.29, 0.717) is 21.6 Å². The number of benzene rings is 1. The first-order chi connectivity index (χ1) is 8.68. The van der Waals surface area contributed by atoms with Gasteiger partial charge < -0.3 is 0 Å². The molecule has 0 unspecified atom stereocenters. The van der Waals surface area contributed by atoms with E-state index in [9.17, 15) is 4.39 Å². The third-order valence-electron chi connectivity index (χ3n) is 2.77. The van der Waals surface area contributed by atoms with E-state index in [2.05, 4.69) is 9.97 Å². The first-order valence-electron chi connectivity index (χ1n) is 5.32. The number of pyridine rings is 1. The third kappa shape index (κ3) is 1.69. The molecule has 5 heteroatoms. The topological polar surface area (TPSA) is 25.8 Å². The fourth-order valence-electron chi connectivity index (χ4n) is 1.86. The summed E-state index contributed by atoms with van der Waals surface area (Å²) in [5, 5.41) is 3.77. The van der Waals surface area contributed by atoms with Crippen LogP contribution in [-0.4, -0.2) is 9.97 Å². The molecule has 1 aromatic carbocycles. The standard InChI is InChI=1S/C13H8ClFN2S/c1-7-10(14)8-3-2-4-9(15)12(8)17-11(7)13-16-5-6-18-13/h2-6H,1H3. The lowest BCUT2D eigenvalue weighted by Crippen LogP contribution is -1.93. The molecule has 0 aliphatic rings. The highest BCUT2D eigenvalue weighted by Crippen LogP contribution is 2.34. The van der Waals surface area contributed by atoms with Gasteiger partial charge in [0.25, 0.3) is 0 Å². The minimum Gasteiger partial charge on any atom is -0.243 e. The van der Waals surface area contributed by atoms with Crippen LogP contribution in [0.1, 0.15) is 5.56 Å². The van der Waals surface area contributed by atoms with E-state index < -0.39 is 0 Å². The van der Waals surface area contributed by atoms with Crippen LogP contribution in [0, 0.1) is 12.7 Å². The molecule has 2 heterocycles. The van der Waals surface area contributed by atoms with Crippen molar-refractivity contribution in [3.63, 3.8) is 0 Å². The van der Waals surface area contributed by atoms with Crippen LogP contribution >= 0.6 is 22.9 Å². The molecule has 90 valence electrons. The number of nitrogens with zero attached hydrogens (tertiary/aromatic N) is 2. The van der Waals surface area contributed by atoms with Gasteiger partial charge in [-0.2, -0.15) is 0 Å². The first kappa shape index (κ1) is 11.6. The number of para-hydroxylation sites is 1. The Labute approximate surface area is 112 Å². The summed E-state index contributed by atoms with van der Waals surface area (Å²) < 4.78 is 13.8. The van der Waals surface area contributed by atoms with Crippen molar-refractivity contribution in [2.45, 2.75) is 6.92 Å². The maximum atomic E-state index is 13.8. The molecule has 0 aliphatic carbocycles. The summed E-state index contributed by atoms with van der Waals surface area (Å²) in [4.78, 5) is 8.57. The number of thiazole rings is 1. The van der Waals surface area contributed by atoms with Crippen molar-refractivity contribution in [1.29, 1.82) is 0 Å². The second-order valence-electron chi connectivity index (χ2n) is 3.87. The molecule has 3 aromatic rings. The summed E-state index contributed by atoms with van der Waals surface area (Å²) in [6.07, 6.45) is 1.70. The molecule has 0 fully saturated rings. The van der Waals surface area contributed by atoms with Crippen LogP contribution in [0.2, 0.25) is 5.02 Å². The predicted molar refractivity (Wildman–Crippen MR) is 72.6 cm³/mol. The molecule has 0 N–H and O–H groups in total. The van der Waals surface area contributed by atoms with Crippen molar-refractivity contribution in [2.75, 3.05) is 0 Å². The second-order valence-corrected chi connectivity index (χ2v) is 5.15. The first-order valence-corrected chi connectivity index (χ1v) is 6.58. The van der Waals surface area contributed by atoms with Gasteiger partial charge in [-0.3, -0.25) is 0 Å². The minimum absolute atomic E-state index is 0.290. The zero-order chi connectivity index (χ0) is 12.7. The molecule has 2 nitrogen and oxygen atoms in total. The van der Waals surface area contributed by atoms with Crippen LogP contribution in [0.15, 0.2) is 29.8 Å². The maximum absolute atomic E-state index is 13.8. The lowest BCUT2D eigenvalue weighted by molar-refractivity contribution is 0.637. The van der Waals surface area contributed by atoms with Gasteiger partial charge in [0.2, 0.25) is 0 Å². The van der Waals surface area contributed by atoms with Gasteiger partial charge in [0.1, 0.15) is 22.0 Å². The van der Waals surface area contributed by atoms with Crippen molar-refractivity contribution in [3.8, 4) is 10.7 Å². The lowest BCUT2D eigenvalue weighted by atomic mass is 10.1. The monoisotopic (exact) mass is 278 g/mol. The van der Waals surface area contributed by atoms with Crippen molar-refractivity contribution >= 4 is 33.8 Å². The molecule has 0 saturated heterocycles. The summed E-state index contributed by atoms with van der Waals surface area (Å²) in [6.45, 7) is 1.87. The Morgan fingerprint density at radius 3 is 2.89 bits per heavy atom. The van der Waals surface area contributed by atoms with Gasteiger partial charge >= 0.3 is 0 Å². The van der Waals surface area contributed by atoms with E-state index in [-0.39, 0.29) is 5.82 Å². The van der Waals surface area contributed by atoms with Crippen LogP contribution in [0.3, 0.4) is 0 Å². The van der Waals surface area contributed by atoms with Crippen molar-refractivity contribution in [3.05, 3.63) is 46.2 Å².